The largest absolute Gasteiger partial charge is 0.481 e. The standard InChI is InChI=1S/C19H26N4O4/c1-3-5-16(15(4-2)19(26)27)23-18(25)11-10-17(24)22-14-8-6-13(7-9-14)12-21-20/h3,6-9,12,15-16H,1,4-5,10-11,20H2,2H3,(H,22,24)(H,23,25)(H,26,27). The summed E-state index contributed by atoms with van der Waals surface area (Å²) < 4.78 is 0. The molecule has 1 rings (SSSR count). The van der Waals surface area contributed by atoms with Gasteiger partial charge in [0, 0.05) is 24.6 Å². The SMILES string of the molecule is C=CCC(NC(=O)CCC(=O)Nc1ccc(C=NN)cc1)C(CC)C(=O)O. The number of carbonyl (C=O) groups excluding carboxylic acids is 2. The van der Waals surface area contributed by atoms with Gasteiger partial charge >= 0.3 is 5.97 Å². The number of anilines is 1. The van der Waals surface area contributed by atoms with Gasteiger partial charge in [-0.3, -0.25) is 14.4 Å². The Morgan fingerprint density at radius 2 is 1.85 bits per heavy atom. The molecule has 8 heteroatoms. The number of hydrazone groups is 1. The molecule has 0 aliphatic heterocycles. The lowest BCUT2D eigenvalue weighted by Gasteiger charge is -2.23. The lowest BCUT2D eigenvalue weighted by molar-refractivity contribution is -0.143. The molecule has 1 aromatic rings. The molecule has 8 nitrogen and oxygen atoms in total. The number of carbonyl (C=O) groups is 3. The first kappa shape index (κ1) is 21.9. The fraction of sp³-hybridized carbons (Fsp3) is 0.368. The average Bonchev–Trinajstić information content (AvgIpc) is 2.62. The maximum Gasteiger partial charge on any atom is 0.308 e. The lowest BCUT2D eigenvalue weighted by atomic mass is 9.94. The molecule has 0 spiro atoms. The van der Waals surface area contributed by atoms with Crippen molar-refractivity contribution >= 4 is 29.7 Å². The van der Waals surface area contributed by atoms with Crippen molar-refractivity contribution in [1.82, 2.24) is 5.32 Å². The van der Waals surface area contributed by atoms with E-state index in [4.69, 9.17) is 5.84 Å². The van der Waals surface area contributed by atoms with Crippen molar-refractivity contribution in [3.05, 3.63) is 42.5 Å². The Hall–Kier alpha value is -3.16. The third kappa shape index (κ3) is 7.72. The van der Waals surface area contributed by atoms with E-state index < -0.39 is 17.9 Å². The van der Waals surface area contributed by atoms with E-state index in [0.29, 0.717) is 18.5 Å². The van der Waals surface area contributed by atoms with Crippen molar-refractivity contribution in [3.8, 4) is 0 Å². The highest BCUT2D eigenvalue weighted by molar-refractivity contribution is 5.93. The average molecular weight is 374 g/mol. The van der Waals surface area contributed by atoms with Crippen LogP contribution in [0.4, 0.5) is 5.69 Å². The zero-order chi connectivity index (χ0) is 20.2. The maximum atomic E-state index is 12.1. The predicted octanol–water partition coefficient (Wildman–Crippen LogP) is 1.87. The summed E-state index contributed by atoms with van der Waals surface area (Å²) in [7, 11) is 0. The molecule has 0 bridgehead atoms. The number of hydrogen-bond donors (Lipinski definition) is 4. The van der Waals surface area contributed by atoms with Gasteiger partial charge in [-0.2, -0.15) is 5.10 Å². The summed E-state index contributed by atoms with van der Waals surface area (Å²) in [4.78, 5) is 35.4. The van der Waals surface area contributed by atoms with E-state index in [2.05, 4.69) is 22.3 Å². The van der Waals surface area contributed by atoms with E-state index in [1.54, 1.807) is 37.3 Å². The van der Waals surface area contributed by atoms with Gasteiger partial charge in [-0.25, -0.2) is 0 Å². The molecule has 0 aromatic heterocycles. The van der Waals surface area contributed by atoms with Crippen LogP contribution in [0.2, 0.25) is 0 Å². The molecule has 146 valence electrons. The quantitative estimate of drug-likeness (QED) is 0.203. The summed E-state index contributed by atoms with van der Waals surface area (Å²) in [6.45, 7) is 5.35. The van der Waals surface area contributed by atoms with E-state index in [0.717, 1.165) is 5.56 Å². The molecule has 0 radical (unpaired) electrons. The Kier molecular flexibility index (Phi) is 9.28. The number of amides is 2. The van der Waals surface area contributed by atoms with Gasteiger partial charge in [0.15, 0.2) is 0 Å². The van der Waals surface area contributed by atoms with Crippen molar-refractivity contribution in [2.75, 3.05) is 5.32 Å². The molecule has 0 aliphatic rings. The molecule has 0 fully saturated rings. The van der Waals surface area contributed by atoms with Gasteiger partial charge in [0.25, 0.3) is 0 Å². The van der Waals surface area contributed by atoms with Crippen LogP contribution >= 0.6 is 0 Å². The van der Waals surface area contributed by atoms with Crippen LogP contribution in [0.15, 0.2) is 42.0 Å². The van der Waals surface area contributed by atoms with E-state index in [9.17, 15) is 19.5 Å². The highest BCUT2D eigenvalue weighted by Gasteiger charge is 2.26. The van der Waals surface area contributed by atoms with Gasteiger partial charge in [-0.1, -0.05) is 25.1 Å². The van der Waals surface area contributed by atoms with Crippen molar-refractivity contribution in [2.45, 2.75) is 38.6 Å². The maximum absolute atomic E-state index is 12.1. The molecule has 5 N–H and O–H groups in total. The van der Waals surface area contributed by atoms with Gasteiger partial charge in [-0.15, -0.1) is 6.58 Å². The van der Waals surface area contributed by atoms with Gasteiger partial charge in [-0.05, 0) is 30.5 Å². The fourth-order valence-electron chi connectivity index (χ4n) is 2.60. The number of nitrogens with zero attached hydrogens (tertiary/aromatic N) is 1. The molecular formula is C19H26N4O4. The number of rotatable bonds is 11. The Morgan fingerprint density at radius 1 is 1.22 bits per heavy atom. The van der Waals surface area contributed by atoms with Gasteiger partial charge in [0.05, 0.1) is 12.1 Å². The molecule has 27 heavy (non-hydrogen) atoms. The van der Waals surface area contributed by atoms with E-state index in [1.165, 1.54) is 6.21 Å². The van der Waals surface area contributed by atoms with Crippen LogP contribution in [0.5, 0.6) is 0 Å². The minimum atomic E-state index is -0.967. The molecule has 0 aliphatic carbocycles. The monoisotopic (exact) mass is 374 g/mol. The van der Waals surface area contributed by atoms with E-state index >= 15 is 0 Å². The van der Waals surface area contributed by atoms with Crippen LogP contribution in [0.3, 0.4) is 0 Å². The second kappa shape index (κ2) is 11.5. The molecule has 0 heterocycles. The molecule has 2 unspecified atom stereocenters. The molecular weight excluding hydrogens is 348 g/mol. The van der Waals surface area contributed by atoms with Crippen LogP contribution in [0.1, 0.15) is 38.2 Å². The highest BCUT2D eigenvalue weighted by atomic mass is 16.4. The van der Waals surface area contributed by atoms with Crippen molar-refractivity contribution in [2.24, 2.45) is 16.9 Å². The van der Waals surface area contributed by atoms with Gasteiger partial charge in [0.1, 0.15) is 0 Å². The Labute approximate surface area is 158 Å². The van der Waals surface area contributed by atoms with Gasteiger partial charge < -0.3 is 21.6 Å². The van der Waals surface area contributed by atoms with Crippen LogP contribution in [0, 0.1) is 5.92 Å². The number of nitrogens with two attached hydrogens (primary N) is 1. The van der Waals surface area contributed by atoms with E-state index in [1.807, 2.05) is 0 Å². The minimum absolute atomic E-state index is 0.0114. The third-order valence-electron chi connectivity index (χ3n) is 4.01. The molecule has 2 atom stereocenters. The smallest absolute Gasteiger partial charge is 0.308 e. The van der Waals surface area contributed by atoms with Crippen molar-refractivity contribution in [3.63, 3.8) is 0 Å². The third-order valence-corrected chi connectivity index (χ3v) is 4.01. The van der Waals surface area contributed by atoms with Crippen LogP contribution in [-0.2, 0) is 14.4 Å². The Balaban J connectivity index is 2.52. The topological polar surface area (TPSA) is 134 Å². The predicted molar refractivity (Wildman–Crippen MR) is 104 cm³/mol. The first-order chi connectivity index (χ1) is 12.9. The first-order valence-corrected chi connectivity index (χ1v) is 8.67. The Bertz CT molecular complexity index is 685. The van der Waals surface area contributed by atoms with E-state index in [-0.39, 0.29) is 24.7 Å². The summed E-state index contributed by atoms with van der Waals surface area (Å²) in [6.07, 6.45) is 3.75. The second-order valence-electron chi connectivity index (χ2n) is 6.00. The summed E-state index contributed by atoms with van der Waals surface area (Å²) in [5.74, 6) is 2.72. The van der Waals surface area contributed by atoms with Crippen LogP contribution < -0.4 is 16.5 Å². The normalized spacial score (nSPS) is 12.9. The van der Waals surface area contributed by atoms with Gasteiger partial charge in [0.2, 0.25) is 11.8 Å². The summed E-state index contributed by atoms with van der Waals surface area (Å²) in [5.41, 5.74) is 1.39. The number of aliphatic carboxylic acids is 1. The zero-order valence-electron chi connectivity index (χ0n) is 15.4. The molecule has 0 saturated heterocycles. The lowest BCUT2D eigenvalue weighted by Crippen LogP contribution is -2.43. The molecule has 0 saturated carbocycles. The Morgan fingerprint density at radius 3 is 2.37 bits per heavy atom. The fourth-order valence-corrected chi connectivity index (χ4v) is 2.60. The molecule has 2 amide bonds. The number of hydrogen-bond acceptors (Lipinski definition) is 5. The summed E-state index contributed by atoms with van der Waals surface area (Å²) in [5, 5.41) is 18.1. The number of benzene rings is 1. The summed E-state index contributed by atoms with van der Waals surface area (Å²) in [6, 6.07) is 6.35. The van der Waals surface area contributed by atoms with Crippen LogP contribution in [0.25, 0.3) is 0 Å². The number of carboxylic acids is 1. The summed E-state index contributed by atoms with van der Waals surface area (Å²) >= 11 is 0. The second-order valence-corrected chi connectivity index (χ2v) is 6.00. The number of nitrogens with one attached hydrogen (secondary N) is 2. The van der Waals surface area contributed by atoms with Crippen molar-refractivity contribution in [1.29, 1.82) is 0 Å². The zero-order valence-corrected chi connectivity index (χ0v) is 15.4. The molecule has 1 aromatic carbocycles. The van der Waals surface area contributed by atoms with Crippen molar-refractivity contribution < 1.29 is 19.5 Å². The number of carboxylic acid groups (broad SMARTS) is 1. The highest BCUT2D eigenvalue weighted by Crippen LogP contribution is 2.14. The van der Waals surface area contributed by atoms with Crippen LogP contribution in [-0.4, -0.2) is 35.1 Å². The first-order valence-electron chi connectivity index (χ1n) is 8.67. The minimum Gasteiger partial charge on any atom is -0.481 e.